The molecule has 0 spiro atoms. The van der Waals surface area contributed by atoms with Gasteiger partial charge < -0.3 is 10.6 Å². The summed E-state index contributed by atoms with van der Waals surface area (Å²) >= 11 is 0. The fourth-order valence-electron chi connectivity index (χ4n) is 3.66. The Balaban J connectivity index is 0.00000338. The van der Waals surface area contributed by atoms with Crippen molar-refractivity contribution in [1.29, 1.82) is 0 Å². The average molecular weight is 411 g/mol. The molecule has 0 aromatic carbocycles. The summed E-state index contributed by atoms with van der Waals surface area (Å²) in [5, 5.41) is 0. The molecular weight excluding hydrogens is 376 g/mol. The third-order valence-electron chi connectivity index (χ3n) is 5.87. The van der Waals surface area contributed by atoms with Gasteiger partial charge in [0.05, 0.1) is 6.04 Å². The van der Waals surface area contributed by atoms with Gasteiger partial charge in [-0.25, -0.2) is 0 Å². The number of amides is 1. The zero-order valence-electron chi connectivity index (χ0n) is 16.3. The molecule has 2 atom stereocenters. The first-order valence-corrected chi connectivity index (χ1v) is 11.0. The first-order valence-electron chi connectivity index (χ1n) is 9.56. The van der Waals surface area contributed by atoms with Crippen LogP contribution in [0.4, 0.5) is 0 Å². The van der Waals surface area contributed by atoms with E-state index < -0.39 is 16.3 Å². The molecule has 1 aliphatic carbocycles. The largest absolute Gasteiger partial charge is 0.339 e. The molecule has 2 unspecified atom stereocenters. The molecule has 2 rings (SSSR count). The Bertz CT molecular complexity index is 546. The van der Waals surface area contributed by atoms with Crippen LogP contribution in [-0.2, 0) is 15.0 Å². The molecule has 0 aromatic heterocycles. The van der Waals surface area contributed by atoms with Gasteiger partial charge in [-0.2, -0.15) is 17.0 Å². The monoisotopic (exact) mass is 410 g/mol. The second kappa shape index (κ2) is 10.2. The molecule has 26 heavy (non-hydrogen) atoms. The normalized spacial score (nSPS) is 22.7. The second-order valence-electron chi connectivity index (χ2n) is 7.45. The number of halogens is 1. The highest BCUT2D eigenvalue weighted by Gasteiger charge is 2.36. The molecule has 0 radical (unpaired) electrons. The minimum atomic E-state index is -3.45. The van der Waals surface area contributed by atoms with Crippen molar-refractivity contribution in [2.45, 2.75) is 64.5 Å². The highest BCUT2D eigenvalue weighted by Crippen LogP contribution is 2.25. The van der Waals surface area contributed by atoms with Gasteiger partial charge in [0.25, 0.3) is 10.2 Å². The van der Waals surface area contributed by atoms with Crippen LogP contribution in [0, 0.1) is 5.92 Å². The topological polar surface area (TPSA) is 87.0 Å². The SMILES string of the molecule is CCC(C)C(N)C(=O)N1CCN(S(=O)(=O)N(C)C2CCCCC2)CC1.Cl. The first-order chi connectivity index (χ1) is 11.8. The Morgan fingerprint density at radius 1 is 1.15 bits per heavy atom. The molecule has 0 bridgehead atoms. The zero-order chi connectivity index (χ0) is 18.6. The summed E-state index contributed by atoms with van der Waals surface area (Å²) in [5.41, 5.74) is 6.04. The zero-order valence-corrected chi connectivity index (χ0v) is 17.9. The van der Waals surface area contributed by atoms with Gasteiger partial charge in [0.15, 0.2) is 0 Å². The summed E-state index contributed by atoms with van der Waals surface area (Å²) in [5.74, 6) is 0.0683. The first kappa shape index (κ1) is 23.6. The van der Waals surface area contributed by atoms with Crippen molar-refractivity contribution in [1.82, 2.24) is 13.5 Å². The lowest BCUT2D eigenvalue weighted by Crippen LogP contribution is -2.57. The van der Waals surface area contributed by atoms with E-state index in [4.69, 9.17) is 5.73 Å². The molecule has 9 heteroatoms. The van der Waals surface area contributed by atoms with Crippen LogP contribution in [0.5, 0.6) is 0 Å². The van der Waals surface area contributed by atoms with E-state index in [9.17, 15) is 13.2 Å². The number of carbonyl (C=O) groups is 1. The number of nitrogens with zero attached hydrogens (tertiary/aromatic N) is 3. The third-order valence-corrected chi connectivity index (χ3v) is 7.92. The van der Waals surface area contributed by atoms with Crippen LogP contribution < -0.4 is 5.73 Å². The predicted molar refractivity (Wildman–Crippen MR) is 106 cm³/mol. The average Bonchev–Trinajstić information content (AvgIpc) is 2.66. The van der Waals surface area contributed by atoms with E-state index in [1.807, 2.05) is 13.8 Å². The van der Waals surface area contributed by atoms with Crippen LogP contribution in [-0.4, -0.2) is 73.1 Å². The summed E-state index contributed by atoms with van der Waals surface area (Å²) < 4.78 is 28.8. The van der Waals surface area contributed by atoms with Crippen LogP contribution >= 0.6 is 12.4 Å². The molecule has 2 fully saturated rings. The van der Waals surface area contributed by atoms with E-state index in [0.29, 0.717) is 26.2 Å². The number of hydrogen-bond acceptors (Lipinski definition) is 4. The molecule has 2 N–H and O–H groups in total. The number of piperazine rings is 1. The van der Waals surface area contributed by atoms with Crippen molar-refractivity contribution in [3.05, 3.63) is 0 Å². The van der Waals surface area contributed by atoms with Gasteiger partial charge in [0.1, 0.15) is 0 Å². The van der Waals surface area contributed by atoms with E-state index in [2.05, 4.69) is 0 Å². The molecule has 1 heterocycles. The lowest BCUT2D eigenvalue weighted by atomic mass is 9.96. The minimum Gasteiger partial charge on any atom is -0.339 e. The molecule has 2 aliphatic rings. The van der Waals surface area contributed by atoms with Crippen molar-refractivity contribution >= 4 is 28.5 Å². The second-order valence-corrected chi connectivity index (χ2v) is 9.44. The minimum absolute atomic E-state index is 0. The summed E-state index contributed by atoms with van der Waals surface area (Å²) in [6, 6.07) is -0.393. The van der Waals surface area contributed by atoms with Crippen LogP contribution in [0.25, 0.3) is 0 Å². The predicted octanol–water partition coefficient (Wildman–Crippen LogP) is 1.44. The maximum absolute atomic E-state index is 12.9. The number of rotatable bonds is 6. The van der Waals surface area contributed by atoms with E-state index in [0.717, 1.165) is 32.1 Å². The van der Waals surface area contributed by atoms with Crippen LogP contribution in [0.2, 0.25) is 0 Å². The number of hydrogen-bond donors (Lipinski definition) is 1. The Labute approximate surface area is 164 Å². The molecule has 7 nitrogen and oxygen atoms in total. The molecule has 0 aromatic rings. The van der Waals surface area contributed by atoms with Gasteiger partial charge in [0.2, 0.25) is 5.91 Å². The molecule has 154 valence electrons. The molecule has 1 aliphatic heterocycles. The fraction of sp³-hybridized carbons (Fsp3) is 0.941. The van der Waals surface area contributed by atoms with E-state index in [-0.39, 0.29) is 30.3 Å². The quantitative estimate of drug-likeness (QED) is 0.717. The van der Waals surface area contributed by atoms with E-state index in [1.165, 1.54) is 10.7 Å². The van der Waals surface area contributed by atoms with Gasteiger partial charge in [-0.05, 0) is 18.8 Å². The third kappa shape index (κ3) is 5.32. The highest BCUT2D eigenvalue weighted by molar-refractivity contribution is 7.86. The lowest BCUT2D eigenvalue weighted by Gasteiger charge is -2.39. The Morgan fingerprint density at radius 2 is 1.69 bits per heavy atom. The fourth-order valence-corrected chi connectivity index (χ4v) is 5.24. The van der Waals surface area contributed by atoms with Gasteiger partial charge in [-0.3, -0.25) is 4.79 Å². The van der Waals surface area contributed by atoms with Crippen LogP contribution in [0.15, 0.2) is 0 Å². The van der Waals surface area contributed by atoms with Crippen molar-refractivity contribution < 1.29 is 13.2 Å². The van der Waals surface area contributed by atoms with Crippen molar-refractivity contribution in [3.63, 3.8) is 0 Å². The van der Waals surface area contributed by atoms with Crippen molar-refractivity contribution in [2.75, 3.05) is 33.2 Å². The van der Waals surface area contributed by atoms with E-state index in [1.54, 1.807) is 16.3 Å². The smallest absolute Gasteiger partial charge is 0.282 e. The lowest BCUT2D eigenvalue weighted by molar-refractivity contribution is -0.135. The molecule has 1 amide bonds. The van der Waals surface area contributed by atoms with E-state index >= 15 is 0 Å². The Kier molecular flexibility index (Phi) is 9.29. The summed E-state index contributed by atoms with van der Waals surface area (Å²) in [6.07, 6.45) is 6.13. The van der Waals surface area contributed by atoms with Crippen LogP contribution in [0.3, 0.4) is 0 Å². The number of nitrogens with two attached hydrogens (primary N) is 1. The summed E-state index contributed by atoms with van der Waals surface area (Å²) in [4.78, 5) is 14.2. The van der Waals surface area contributed by atoms with Gasteiger partial charge in [-0.15, -0.1) is 12.4 Å². The Morgan fingerprint density at radius 3 is 2.19 bits per heavy atom. The summed E-state index contributed by atoms with van der Waals surface area (Å²) in [6.45, 7) is 5.52. The maximum atomic E-state index is 12.9. The van der Waals surface area contributed by atoms with Gasteiger partial charge in [0, 0.05) is 39.3 Å². The van der Waals surface area contributed by atoms with Crippen molar-refractivity contribution in [3.8, 4) is 0 Å². The summed E-state index contributed by atoms with van der Waals surface area (Å²) in [7, 11) is -1.76. The molecule has 1 saturated heterocycles. The molecule has 1 saturated carbocycles. The number of carbonyl (C=O) groups excluding carboxylic acids is 1. The van der Waals surface area contributed by atoms with Crippen molar-refractivity contribution in [2.24, 2.45) is 11.7 Å². The standard InChI is InChI=1S/C17H34N4O3S.ClH/c1-4-14(2)16(18)17(22)20-10-12-21(13-11-20)25(23,24)19(3)15-8-6-5-7-9-15;/h14-16H,4-13,18H2,1-3H3;1H. The highest BCUT2D eigenvalue weighted by atomic mass is 35.5. The maximum Gasteiger partial charge on any atom is 0.282 e. The van der Waals surface area contributed by atoms with Gasteiger partial charge >= 0.3 is 0 Å². The Hall–Kier alpha value is -0.410. The molecular formula is C17H35ClN4O3S. The van der Waals surface area contributed by atoms with Gasteiger partial charge in [-0.1, -0.05) is 39.5 Å². The van der Waals surface area contributed by atoms with Crippen LogP contribution in [0.1, 0.15) is 52.4 Å².